The van der Waals surface area contributed by atoms with Gasteiger partial charge >= 0.3 is 61.5 Å². The van der Waals surface area contributed by atoms with Crippen molar-refractivity contribution in [2.75, 3.05) is 26.2 Å². The topological polar surface area (TPSA) is 82.3 Å². The number of hydrogen-bond donors (Lipinski definition) is 4. The van der Waals surface area contributed by atoms with E-state index >= 15 is 0 Å². The molecule has 0 bridgehead atoms. The van der Waals surface area contributed by atoms with Gasteiger partial charge in [0.25, 0.3) is 0 Å². The Bertz CT molecular complexity index is 466. The van der Waals surface area contributed by atoms with Crippen LogP contribution in [0, 0.1) is 0 Å². The minimum atomic E-state index is -0.0880. The molecule has 245 valence electrons. The van der Waals surface area contributed by atoms with Crippen LogP contribution in [0.15, 0.2) is 72.8 Å². The molecule has 0 unspecified atom stereocenters. The second kappa shape index (κ2) is 83.3. The maximum absolute atomic E-state index is 10.4. The number of nitrogens with one attached hydrogen (secondary N) is 4. The Labute approximate surface area is 286 Å². The van der Waals surface area contributed by atoms with Crippen molar-refractivity contribution in [1.82, 2.24) is 21.3 Å². The molecule has 9 heteroatoms. The van der Waals surface area contributed by atoms with E-state index in [0.717, 1.165) is 0 Å². The molecule has 2 aromatic rings. The zero-order valence-electron chi connectivity index (χ0n) is 28.8. The van der Waals surface area contributed by atoms with Crippen molar-refractivity contribution >= 4 is 52.0 Å². The van der Waals surface area contributed by atoms with Crippen LogP contribution in [-0.4, -0.2) is 38.2 Å². The quantitative estimate of drug-likeness (QED) is 0.231. The molecule has 6 nitrogen and oxygen atoms in total. The van der Waals surface area contributed by atoms with Crippen LogP contribution in [0.25, 0.3) is 0 Å². The molecule has 0 aromatic heterocycles. The Kier molecular flexibility index (Phi) is 121. The minimum Gasteiger partial charge on any atom is -0.0623 e. The van der Waals surface area contributed by atoms with E-state index in [1.54, 1.807) is 0 Å². The Morgan fingerprint density at radius 1 is 0.415 bits per heavy atom. The molecule has 0 aliphatic heterocycles. The van der Waals surface area contributed by atoms with Gasteiger partial charge in [0.05, 0.1) is 0 Å². The second-order valence-corrected chi connectivity index (χ2v) is 16.9. The fourth-order valence-electron chi connectivity index (χ4n) is 1.54. The van der Waals surface area contributed by atoms with Crippen LogP contribution in [0.4, 0.5) is 9.59 Å². The van der Waals surface area contributed by atoms with Crippen LogP contribution in [0.1, 0.15) is 96.9 Å². The number of carbonyl (C=O) groups is 2. The van der Waals surface area contributed by atoms with Gasteiger partial charge in [-0.05, 0) is 27.7 Å². The third kappa shape index (κ3) is 101. The van der Waals surface area contributed by atoms with E-state index in [0.29, 0.717) is 35.6 Å². The molecular formula is C32H66I2N4O2V. The maximum Gasteiger partial charge on any atom is -0.0623 e. The summed E-state index contributed by atoms with van der Waals surface area (Å²) in [5.74, 6) is 0. The molecule has 0 aliphatic rings. The van der Waals surface area contributed by atoms with E-state index in [1.165, 1.54) is 0 Å². The van der Waals surface area contributed by atoms with E-state index in [-0.39, 0.29) is 12.1 Å². The van der Waals surface area contributed by atoms with Gasteiger partial charge in [0.1, 0.15) is 0 Å². The average Bonchev–Trinajstić information content (AvgIpc) is 3.06. The number of amides is 4. The fraction of sp³-hybridized carbons (Fsp3) is 0.562. The van der Waals surface area contributed by atoms with Crippen molar-refractivity contribution in [3.63, 3.8) is 0 Å². The van der Waals surface area contributed by atoms with Gasteiger partial charge < -0.3 is 21.3 Å². The predicted octanol–water partition coefficient (Wildman–Crippen LogP) is 10.9. The smallest absolute Gasteiger partial charge is 0.0623 e. The molecule has 0 aliphatic carbocycles. The molecule has 4 N–H and O–H groups in total. The van der Waals surface area contributed by atoms with Crippen molar-refractivity contribution in [2.45, 2.75) is 96.9 Å². The van der Waals surface area contributed by atoms with E-state index in [4.69, 9.17) is 0 Å². The van der Waals surface area contributed by atoms with Crippen molar-refractivity contribution in [1.29, 1.82) is 0 Å². The third-order valence-electron chi connectivity index (χ3n) is 2.68. The SMILES string of the molecule is CC.CC.CC.CC.CC.CCNC(=O)NCC.CCNC(=O)NCC.[I][V][I].c1ccccc1.c1ccccc1. The van der Waals surface area contributed by atoms with Gasteiger partial charge in [-0.15, -0.1) is 0 Å². The molecule has 41 heavy (non-hydrogen) atoms. The summed E-state index contributed by atoms with van der Waals surface area (Å²) < 4.78 is 0. The largest absolute Gasteiger partial charge is 0.0623 e. The Morgan fingerprint density at radius 3 is 0.585 bits per heavy atom. The summed E-state index contributed by atoms with van der Waals surface area (Å²) >= 11 is 4.74. The third-order valence-corrected chi connectivity index (χ3v) is 2.68. The average molecular weight is 844 g/mol. The molecule has 0 saturated heterocycles. The van der Waals surface area contributed by atoms with Gasteiger partial charge in [0, 0.05) is 26.2 Å². The van der Waals surface area contributed by atoms with E-state index < -0.39 is 0 Å². The minimum absolute atomic E-state index is 0.0880. The summed E-state index contributed by atoms with van der Waals surface area (Å²) in [6.45, 7) is 30.3. The monoisotopic (exact) mass is 843 g/mol. The molecule has 4 amide bonds. The first-order valence-electron chi connectivity index (χ1n) is 15.0. The number of urea groups is 2. The molecule has 0 spiro atoms. The Morgan fingerprint density at radius 2 is 0.512 bits per heavy atom. The van der Waals surface area contributed by atoms with Crippen molar-refractivity contribution in [3.05, 3.63) is 72.8 Å². The molecule has 0 heterocycles. The summed E-state index contributed by atoms with van der Waals surface area (Å²) in [4.78, 5) is 20.8. The summed E-state index contributed by atoms with van der Waals surface area (Å²) in [6.07, 6.45) is 0. The number of hydrogen-bond acceptors (Lipinski definition) is 2. The summed E-state index contributed by atoms with van der Waals surface area (Å²) in [7, 11) is 0.628. The van der Waals surface area contributed by atoms with Gasteiger partial charge in [-0.25, -0.2) is 9.59 Å². The van der Waals surface area contributed by atoms with E-state index in [1.807, 2.05) is 170 Å². The number of rotatable bonds is 4. The van der Waals surface area contributed by atoms with Gasteiger partial charge in [-0.1, -0.05) is 142 Å². The second-order valence-electron chi connectivity index (χ2n) is 5.15. The van der Waals surface area contributed by atoms with E-state index in [2.05, 4.69) is 61.2 Å². The summed E-state index contributed by atoms with van der Waals surface area (Å²) in [6, 6.07) is 23.8. The predicted molar refractivity (Wildman–Crippen MR) is 203 cm³/mol. The first kappa shape index (κ1) is 59.4. The van der Waals surface area contributed by atoms with Crippen LogP contribution < -0.4 is 21.3 Å². The fourth-order valence-corrected chi connectivity index (χ4v) is 1.54. The maximum atomic E-state index is 10.4. The van der Waals surface area contributed by atoms with E-state index in [9.17, 15) is 9.59 Å². The molecule has 0 radical (unpaired) electrons. The Hall–Kier alpha value is -0.976. The molecule has 2 rings (SSSR count). The molecule has 0 saturated carbocycles. The molecular weight excluding hydrogens is 777 g/mol. The Balaban J connectivity index is -0.0000000521. The molecule has 0 fully saturated rings. The van der Waals surface area contributed by atoms with Crippen LogP contribution in [0.5, 0.6) is 0 Å². The molecule has 0 atom stereocenters. The number of carbonyl (C=O) groups excluding carboxylic acids is 2. The van der Waals surface area contributed by atoms with Gasteiger partial charge in [-0.3, -0.25) is 0 Å². The standard InChI is InChI=1S/2C6H6.2C5H12N2O.5C2H6.2HI.V/c2*1-2-4-6-5-3-1;2*1-3-6-5(8)7-4-2;5*1-2;;;/h2*1-6H;2*3-4H2,1-2H3,(H2,6,7,8);5*1-2H3;2*1H;/q;;;;;;;;;;;+2/p-2. The first-order chi connectivity index (χ1) is 20.0. The van der Waals surface area contributed by atoms with Crippen molar-refractivity contribution in [3.8, 4) is 0 Å². The zero-order valence-corrected chi connectivity index (χ0v) is 34.5. The normalized spacial score (nSPS) is 6.63. The summed E-state index contributed by atoms with van der Waals surface area (Å²) in [5, 5.41) is 10.4. The van der Waals surface area contributed by atoms with Crippen LogP contribution in [0.2, 0.25) is 0 Å². The van der Waals surface area contributed by atoms with Crippen LogP contribution in [-0.2, 0) is 9.47 Å². The molecule has 2 aromatic carbocycles. The van der Waals surface area contributed by atoms with Gasteiger partial charge in [0.2, 0.25) is 0 Å². The van der Waals surface area contributed by atoms with Crippen molar-refractivity contribution < 1.29 is 19.1 Å². The van der Waals surface area contributed by atoms with Crippen LogP contribution >= 0.6 is 40.0 Å². The van der Waals surface area contributed by atoms with Crippen molar-refractivity contribution in [2.24, 2.45) is 0 Å². The number of halogens is 2. The van der Waals surface area contributed by atoms with Gasteiger partial charge in [0.15, 0.2) is 0 Å². The first-order valence-corrected chi connectivity index (χ1v) is 24.0. The zero-order chi connectivity index (χ0) is 34.0. The number of benzene rings is 2. The summed E-state index contributed by atoms with van der Waals surface area (Å²) in [5.41, 5.74) is 0. The van der Waals surface area contributed by atoms with Gasteiger partial charge in [-0.2, -0.15) is 0 Å². The van der Waals surface area contributed by atoms with Crippen LogP contribution in [0.3, 0.4) is 0 Å².